The second-order valence-corrected chi connectivity index (χ2v) is 16.6. The Bertz CT molecular complexity index is 1300. The number of carbonyl (C=O) groups excluding carboxylic acids is 1. The number of hydrogen-bond acceptors (Lipinski definition) is 6. The predicted molar refractivity (Wildman–Crippen MR) is 152 cm³/mol. The third-order valence-electron chi connectivity index (χ3n) is 6.57. The molecule has 9 heteroatoms. The van der Waals surface area contributed by atoms with E-state index < -0.39 is 14.7 Å². The number of hydrogen-bond donors (Lipinski definition) is 1. The number of pyridine rings is 1. The summed E-state index contributed by atoms with van der Waals surface area (Å²) in [6.07, 6.45) is 3.71. The van der Waals surface area contributed by atoms with Gasteiger partial charge in [-0.2, -0.15) is 0 Å². The van der Waals surface area contributed by atoms with Crippen LogP contribution in [-0.2, 0) is 0 Å². The number of aromatic nitrogens is 4. The van der Waals surface area contributed by atoms with E-state index in [0.29, 0.717) is 16.0 Å². The van der Waals surface area contributed by atoms with Gasteiger partial charge in [-0.15, -0.1) is 11.3 Å². The van der Waals surface area contributed by atoms with Crippen molar-refractivity contribution in [3.8, 4) is 21.8 Å². The molecular weight excluding hydrogens is 531 g/mol. The first-order valence-electron chi connectivity index (χ1n) is 12.7. The fourth-order valence-corrected chi connectivity index (χ4v) is 9.41. The first-order valence-corrected chi connectivity index (χ1v) is 17.3. The molecule has 1 atom stereocenters. The summed E-state index contributed by atoms with van der Waals surface area (Å²) in [5, 5.41) is 12.3. The molecule has 7 nitrogen and oxygen atoms in total. The Kier molecular flexibility index (Phi) is 8.80. The number of amides is 1. The number of fused-ring (bicyclic) bond motifs is 1. The molecule has 0 aliphatic carbocycles. The molecule has 4 rings (SSSR count). The van der Waals surface area contributed by atoms with Crippen LogP contribution in [0, 0.1) is 0 Å². The van der Waals surface area contributed by atoms with Crippen LogP contribution in [0.25, 0.3) is 27.5 Å². The van der Waals surface area contributed by atoms with Crippen molar-refractivity contribution in [2.75, 3.05) is 24.5 Å². The summed E-state index contributed by atoms with van der Waals surface area (Å²) < 4.78 is 2.33. The fourth-order valence-electron chi connectivity index (χ4n) is 4.42. The van der Waals surface area contributed by atoms with E-state index in [2.05, 4.69) is 56.0 Å². The van der Waals surface area contributed by atoms with Gasteiger partial charge in [0.05, 0.1) is 0 Å². The molecule has 4 aromatic rings. The summed E-state index contributed by atoms with van der Waals surface area (Å²) in [5.74, 6) is 0.739. The van der Waals surface area contributed by atoms with Crippen molar-refractivity contribution in [3.63, 3.8) is 0 Å². The van der Waals surface area contributed by atoms with Crippen molar-refractivity contribution in [2.45, 2.75) is 49.7 Å². The molecule has 190 valence electrons. The van der Waals surface area contributed by atoms with E-state index in [-0.39, 0.29) is 5.91 Å². The normalized spacial score (nSPS) is 12.3. The van der Waals surface area contributed by atoms with Gasteiger partial charge in [0.25, 0.3) is 0 Å². The Hall–Kier alpha value is -2.70. The van der Waals surface area contributed by atoms with Crippen LogP contribution in [0.2, 0.25) is 15.1 Å². The summed E-state index contributed by atoms with van der Waals surface area (Å²) in [4.78, 5) is 26.4. The van der Waals surface area contributed by atoms with Crippen LogP contribution < -0.4 is 10.2 Å². The topological polar surface area (TPSA) is 75.4 Å². The first kappa shape index (κ1) is 26.4. The number of rotatable bonds is 11. The van der Waals surface area contributed by atoms with Crippen molar-refractivity contribution in [2.24, 2.45) is 0 Å². The molecule has 0 aliphatic rings. The van der Waals surface area contributed by atoms with Gasteiger partial charge in [-0.25, -0.2) is 0 Å². The van der Waals surface area contributed by atoms with Crippen molar-refractivity contribution >= 4 is 43.4 Å². The maximum absolute atomic E-state index is 13.3. The van der Waals surface area contributed by atoms with Gasteiger partial charge in [-0.3, -0.25) is 0 Å². The third-order valence-corrected chi connectivity index (χ3v) is 13.9. The van der Waals surface area contributed by atoms with E-state index >= 15 is 0 Å². The van der Waals surface area contributed by atoms with Gasteiger partial charge >= 0.3 is 194 Å². The van der Waals surface area contributed by atoms with Crippen LogP contribution >= 0.6 is 11.3 Å². The maximum atomic E-state index is 13.3. The van der Waals surface area contributed by atoms with Gasteiger partial charge < -0.3 is 0 Å². The number of carbonyl (C=O) groups is 1. The average molecular weight is 567 g/mol. The summed E-state index contributed by atoms with van der Waals surface area (Å²) in [7, 11) is 0. The number of nitrogens with one attached hydrogen (secondary N) is 1. The zero-order chi connectivity index (χ0) is 25.7. The second-order valence-electron chi connectivity index (χ2n) is 8.67. The van der Waals surface area contributed by atoms with Crippen LogP contribution in [0.3, 0.4) is 0 Å². The van der Waals surface area contributed by atoms with Gasteiger partial charge in [-0.05, 0) is 11.4 Å². The van der Waals surface area contributed by atoms with E-state index in [0.717, 1.165) is 47.2 Å². The van der Waals surface area contributed by atoms with Crippen molar-refractivity contribution in [1.82, 2.24) is 24.9 Å². The molecule has 4 aromatic heterocycles. The van der Waals surface area contributed by atoms with Crippen LogP contribution in [0.4, 0.5) is 5.82 Å². The van der Waals surface area contributed by atoms with E-state index in [1.165, 1.54) is 10.4 Å². The van der Waals surface area contributed by atoms with Crippen molar-refractivity contribution in [1.29, 1.82) is 0 Å². The summed E-state index contributed by atoms with van der Waals surface area (Å²) >= 11 is 0.750. The van der Waals surface area contributed by atoms with Crippen molar-refractivity contribution < 1.29 is 4.79 Å². The summed E-state index contributed by atoms with van der Waals surface area (Å²) in [5.41, 5.74) is 3.77. The second kappa shape index (κ2) is 12.0. The Balaban J connectivity index is 1.72. The number of anilines is 1. The molecule has 1 N–H and O–H groups in total. The van der Waals surface area contributed by atoms with Crippen molar-refractivity contribution in [3.05, 3.63) is 53.7 Å². The number of nitrogens with zero attached hydrogens (tertiary/aromatic N) is 5. The van der Waals surface area contributed by atoms with Gasteiger partial charge in [-0.1, -0.05) is 6.07 Å². The standard InChI is InChI=1S/C27H35AsN6OS/c1-6-28(7-2)19(5)17-29-27(35)20-15-23(31-25(16-20)33(8-3)9-4)21-18-30-34-13-12-22(32-26(21)34)24-11-10-14-36-24/h10-16,18-19H,6-9,17H2,1-5H3,(H,29,35)/t19-/m0/s1. The van der Waals surface area contributed by atoms with Gasteiger partial charge in [0.15, 0.2) is 0 Å². The Morgan fingerprint density at radius 2 is 1.89 bits per heavy atom. The molecule has 1 amide bonds. The molecule has 0 fully saturated rings. The molecule has 0 aliphatic heterocycles. The molecule has 0 aromatic carbocycles. The Labute approximate surface area is 222 Å². The molecule has 0 unspecified atom stereocenters. The molecular formula is C27H35AsN6OS. The molecule has 4 heterocycles. The van der Waals surface area contributed by atoms with Gasteiger partial charge in [0, 0.05) is 0 Å². The SMILES string of the molecule is CCN(CC)c1cc(C(=O)NC[C@H](C)[As](CC)CC)cc(-c2cnn3ccc(-c4cccs4)nc23)n1. The Morgan fingerprint density at radius 1 is 1.11 bits per heavy atom. The molecule has 0 saturated carbocycles. The van der Waals surface area contributed by atoms with E-state index in [4.69, 9.17) is 9.97 Å². The third kappa shape index (κ3) is 5.65. The minimum absolute atomic E-state index is 0.0521. The van der Waals surface area contributed by atoms with Crippen LogP contribution in [0.1, 0.15) is 45.0 Å². The predicted octanol–water partition coefficient (Wildman–Crippen LogP) is 6.02. The molecule has 0 radical (unpaired) electrons. The van der Waals surface area contributed by atoms with Gasteiger partial charge in [0.1, 0.15) is 0 Å². The molecule has 0 bridgehead atoms. The zero-order valence-electron chi connectivity index (χ0n) is 21.7. The molecule has 0 spiro atoms. The minimum atomic E-state index is -0.906. The summed E-state index contributed by atoms with van der Waals surface area (Å²) in [6, 6.07) is 9.84. The average Bonchev–Trinajstić information content (AvgIpc) is 3.58. The molecule has 0 saturated heterocycles. The number of thiophene rings is 1. The Morgan fingerprint density at radius 3 is 2.56 bits per heavy atom. The van der Waals surface area contributed by atoms with E-state index in [1.54, 1.807) is 22.0 Å². The zero-order valence-corrected chi connectivity index (χ0v) is 24.4. The monoisotopic (exact) mass is 566 g/mol. The van der Waals surface area contributed by atoms with E-state index in [1.807, 2.05) is 35.8 Å². The molecule has 36 heavy (non-hydrogen) atoms. The van der Waals surface area contributed by atoms with Crippen LogP contribution in [-0.4, -0.2) is 59.8 Å². The van der Waals surface area contributed by atoms with Crippen LogP contribution in [0.15, 0.2) is 48.1 Å². The van der Waals surface area contributed by atoms with Gasteiger partial charge in [0.2, 0.25) is 0 Å². The van der Waals surface area contributed by atoms with E-state index in [9.17, 15) is 4.79 Å². The summed E-state index contributed by atoms with van der Waals surface area (Å²) in [6.45, 7) is 13.4. The van der Waals surface area contributed by atoms with Crippen LogP contribution in [0.5, 0.6) is 0 Å². The first-order chi connectivity index (χ1) is 17.5. The quantitative estimate of drug-likeness (QED) is 0.225. The fraction of sp³-hybridized carbons (Fsp3) is 0.407.